The molecule has 2 aromatic carbocycles. The van der Waals surface area contributed by atoms with E-state index < -0.39 is 10.7 Å². The van der Waals surface area contributed by atoms with Crippen LogP contribution in [0.15, 0.2) is 48.5 Å². The van der Waals surface area contributed by atoms with Crippen molar-refractivity contribution in [3.8, 4) is 5.75 Å². The maximum absolute atomic E-state index is 13.3. The average molecular weight is 333 g/mol. The fraction of sp³-hybridized carbons (Fsp3) is 0.188. The normalized spacial score (nSPS) is 10.0. The average Bonchev–Trinajstić information content (AvgIpc) is 2.58. The van der Waals surface area contributed by atoms with Gasteiger partial charge in [0.25, 0.3) is 11.6 Å². The van der Waals surface area contributed by atoms with E-state index in [0.717, 1.165) is 0 Å². The third-order valence-electron chi connectivity index (χ3n) is 3.05. The third kappa shape index (κ3) is 5.24. The molecule has 2 aromatic rings. The van der Waals surface area contributed by atoms with E-state index in [0.29, 0.717) is 18.8 Å². The van der Waals surface area contributed by atoms with Gasteiger partial charge in [0.1, 0.15) is 0 Å². The van der Waals surface area contributed by atoms with Gasteiger partial charge in [0.15, 0.2) is 18.2 Å². The van der Waals surface area contributed by atoms with Gasteiger partial charge in [-0.2, -0.15) is 0 Å². The molecule has 0 bridgehead atoms. The number of nitrogens with zero attached hydrogens (tertiary/aromatic N) is 1. The highest BCUT2D eigenvalue weighted by Crippen LogP contribution is 2.15. The number of para-hydroxylation sites is 1. The maximum Gasteiger partial charge on any atom is 0.269 e. The number of carbonyl (C=O) groups is 1. The summed E-state index contributed by atoms with van der Waals surface area (Å²) in [6.07, 6.45) is 0. The minimum atomic E-state index is -0.523. The van der Waals surface area contributed by atoms with Crippen LogP contribution >= 0.6 is 0 Å². The summed E-state index contributed by atoms with van der Waals surface area (Å²) in [4.78, 5) is 21.7. The molecule has 2 N–H and O–H groups in total. The molecule has 0 saturated carbocycles. The molecule has 8 heteroatoms. The van der Waals surface area contributed by atoms with Gasteiger partial charge in [-0.25, -0.2) is 4.39 Å². The van der Waals surface area contributed by atoms with Crippen LogP contribution in [-0.4, -0.2) is 30.5 Å². The number of anilines is 1. The van der Waals surface area contributed by atoms with Crippen LogP contribution in [0.4, 0.5) is 15.8 Å². The van der Waals surface area contributed by atoms with Crippen molar-refractivity contribution in [2.24, 2.45) is 0 Å². The standard InChI is InChI=1S/C16H16FN3O4/c17-14-3-1-2-4-15(14)24-11-16(21)19-10-9-18-12-5-7-13(8-6-12)20(22)23/h1-8,18H,9-11H2,(H,19,21). The topological polar surface area (TPSA) is 93.5 Å². The molecular formula is C16H16FN3O4. The summed E-state index contributed by atoms with van der Waals surface area (Å²) < 4.78 is 18.4. The van der Waals surface area contributed by atoms with Crippen molar-refractivity contribution in [3.05, 3.63) is 64.5 Å². The van der Waals surface area contributed by atoms with Crippen LogP contribution in [0.25, 0.3) is 0 Å². The van der Waals surface area contributed by atoms with E-state index in [9.17, 15) is 19.3 Å². The number of nitro benzene ring substituents is 1. The maximum atomic E-state index is 13.3. The Morgan fingerprint density at radius 3 is 2.50 bits per heavy atom. The highest BCUT2D eigenvalue weighted by atomic mass is 19.1. The van der Waals surface area contributed by atoms with Crippen LogP contribution in [0.2, 0.25) is 0 Å². The monoisotopic (exact) mass is 333 g/mol. The number of non-ortho nitro benzene ring substituents is 1. The molecule has 7 nitrogen and oxygen atoms in total. The van der Waals surface area contributed by atoms with E-state index in [1.807, 2.05) is 0 Å². The molecule has 0 spiro atoms. The molecule has 24 heavy (non-hydrogen) atoms. The van der Waals surface area contributed by atoms with Crippen molar-refractivity contribution < 1.29 is 18.8 Å². The summed E-state index contributed by atoms with van der Waals surface area (Å²) in [7, 11) is 0. The molecular weight excluding hydrogens is 317 g/mol. The number of hydrogen-bond acceptors (Lipinski definition) is 5. The van der Waals surface area contributed by atoms with Gasteiger partial charge < -0.3 is 15.4 Å². The van der Waals surface area contributed by atoms with Crippen molar-refractivity contribution >= 4 is 17.3 Å². The lowest BCUT2D eigenvalue weighted by Gasteiger charge is -2.09. The van der Waals surface area contributed by atoms with Crippen LogP contribution in [0.1, 0.15) is 0 Å². The number of rotatable bonds is 8. The highest BCUT2D eigenvalue weighted by Gasteiger charge is 2.06. The number of nitrogens with one attached hydrogen (secondary N) is 2. The third-order valence-corrected chi connectivity index (χ3v) is 3.05. The second kappa shape index (κ2) is 8.47. The van der Waals surface area contributed by atoms with Crippen LogP contribution in [0.3, 0.4) is 0 Å². The van der Waals surface area contributed by atoms with Crippen molar-refractivity contribution in [2.45, 2.75) is 0 Å². The van der Waals surface area contributed by atoms with Crippen molar-refractivity contribution in [1.29, 1.82) is 0 Å². The number of ether oxygens (including phenoxy) is 1. The fourth-order valence-corrected chi connectivity index (χ4v) is 1.87. The predicted molar refractivity (Wildman–Crippen MR) is 86.5 cm³/mol. The Balaban J connectivity index is 1.65. The van der Waals surface area contributed by atoms with Gasteiger partial charge >= 0.3 is 0 Å². The molecule has 0 radical (unpaired) electrons. The Morgan fingerprint density at radius 1 is 1.12 bits per heavy atom. The molecule has 2 rings (SSSR count). The highest BCUT2D eigenvalue weighted by molar-refractivity contribution is 5.77. The van der Waals surface area contributed by atoms with Crippen molar-refractivity contribution in [1.82, 2.24) is 5.32 Å². The smallest absolute Gasteiger partial charge is 0.269 e. The molecule has 1 amide bonds. The summed E-state index contributed by atoms with van der Waals surface area (Å²) in [6, 6.07) is 11.8. The molecule has 0 aliphatic rings. The van der Waals surface area contributed by atoms with E-state index >= 15 is 0 Å². The summed E-state index contributed by atoms with van der Waals surface area (Å²) in [5.74, 6) is -0.870. The minimum Gasteiger partial charge on any atom is -0.481 e. The summed E-state index contributed by atoms with van der Waals surface area (Å²) >= 11 is 0. The fourth-order valence-electron chi connectivity index (χ4n) is 1.87. The molecule has 0 saturated heterocycles. The Morgan fingerprint density at radius 2 is 1.83 bits per heavy atom. The zero-order chi connectivity index (χ0) is 17.4. The van der Waals surface area contributed by atoms with Gasteiger partial charge in [-0.3, -0.25) is 14.9 Å². The molecule has 0 aliphatic heterocycles. The minimum absolute atomic E-state index is 0.0131. The first-order valence-corrected chi connectivity index (χ1v) is 7.18. The van der Waals surface area contributed by atoms with Crippen molar-refractivity contribution in [2.75, 3.05) is 25.0 Å². The first-order valence-electron chi connectivity index (χ1n) is 7.18. The Bertz CT molecular complexity index is 707. The van der Waals surface area contributed by atoms with Crippen molar-refractivity contribution in [3.63, 3.8) is 0 Å². The van der Waals surface area contributed by atoms with E-state index in [-0.39, 0.29) is 24.0 Å². The molecule has 0 aliphatic carbocycles. The van der Waals surface area contributed by atoms with E-state index in [4.69, 9.17) is 4.74 Å². The molecule has 0 atom stereocenters. The molecule has 0 aromatic heterocycles. The first-order chi connectivity index (χ1) is 11.6. The number of nitro groups is 1. The van der Waals surface area contributed by atoms with Gasteiger partial charge in [-0.1, -0.05) is 12.1 Å². The van der Waals surface area contributed by atoms with E-state index in [2.05, 4.69) is 10.6 Å². The largest absolute Gasteiger partial charge is 0.481 e. The number of halogens is 1. The van der Waals surface area contributed by atoms with E-state index in [1.54, 1.807) is 18.2 Å². The summed E-state index contributed by atoms with van der Waals surface area (Å²) in [6.45, 7) is 0.484. The molecule has 0 heterocycles. The Labute approximate surface area is 137 Å². The lowest BCUT2D eigenvalue weighted by molar-refractivity contribution is -0.384. The molecule has 126 valence electrons. The summed E-state index contributed by atoms with van der Waals surface area (Å²) in [5.41, 5.74) is 0.719. The van der Waals surface area contributed by atoms with Crippen LogP contribution in [0, 0.1) is 15.9 Å². The quantitative estimate of drug-likeness (QED) is 0.439. The lowest BCUT2D eigenvalue weighted by Crippen LogP contribution is -2.32. The second-order valence-electron chi connectivity index (χ2n) is 4.80. The predicted octanol–water partition coefficient (Wildman–Crippen LogP) is 2.34. The number of carbonyl (C=O) groups excluding carboxylic acids is 1. The molecule has 0 fully saturated rings. The van der Waals surface area contributed by atoms with Crippen LogP contribution in [0.5, 0.6) is 5.75 Å². The zero-order valence-corrected chi connectivity index (χ0v) is 12.7. The summed E-state index contributed by atoms with van der Waals surface area (Å²) in [5, 5.41) is 16.2. The number of hydrogen-bond donors (Lipinski definition) is 2. The molecule has 0 unspecified atom stereocenters. The second-order valence-corrected chi connectivity index (χ2v) is 4.80. The number of benzene rings is 2. The van der Waals surface area contributed by atoms with Gasteiger partial charge in [-0.05, 0) is 24.3 Å². The van der Waals surface area contributed by atoms with Gasteiger partial charge in [0.05, 0.1) is 4.92 Å². The van der Waals surface area contributed by atoms with Gasteiger partial charge in [-0.15, -0.1) is 0 Å². The SMILES string of the molecule is O=C(COc1ccccc1F)NCCNc1ccc([N+](=O)[O-])cc1. The van der Waals surface area contributed by atoms with Gasteiger partial charge in [0.2, 0.25) is 0 Å². The van der Waals surface area contributed by atoms with Crippen LogP contribution in [-0.2, 0) is 4.79 Å². The lowest BCUT2D eigenvalue weighted by atomic mass is 10.3. The van der Waals surface area contributed by atoms with E-state index in [1.165, 1.54) is 30.3 Å². The Hall–Kier alpha value is -3.16. The first kappa shape index (κ1) is 17.2. The zero-order valence-electron chi connectivity index (χ0n) is 12.7. The van der Waals surface area contributed by atoms with Crippen LogP contribution < -0.4 is 15.4 Å². The Kier molecular flexibility index (Phi) is 6.07. The van der Waals surface area contributed by atoms with Gasteiger partial charge in [0, 0.05) is 30.9 Å². The number of amides is 1.